The third-order valence-electron chi connectivity index (χ3n) is 2.66. The van der Waals surface area contributed by atoms with Gasteiger partial charge in [0.1, 0.15) is 4.90 Å². The van der Waals surface area contributed by atoms with E-state index >= 15 is 0 Å². The molecule has 0 saturated heterocycles. The monoisotopic (exact) mass is 336 g/mol. The van der Waals surface area contributed by atoms with Crippen LogP contribution in [0.15, 0.2) is 28.0 Å². The number of sulfonamides is 1. The fourth-order valence-corrected chi connectivity index (χ4v) is 3.53. The lowest BCUT2D eigenvalue weighted by atomic mass is 10.3. The molecule has 1 rings (SSSR count). The van der Waals surface area contributed by atoms with Gasteiger partial charge in [-0.1, -0.05) is 0 Å². The van der Waals surface area contributed by atoms with E-state index in [1.54, 1.807) is 0 Å². The van der Waals surface area contributed by atoms with Gasteiger partial charge >= 0.3 is 0 Å². The van der Waals surface area contributed by atoms with Gasteiger partial charge < -0.3 is 10.5 Å². The minimum Gasteiger partial charge on any atom is -0.398 e. The largest absolute Gasteiger partial charge is 0.398 e. The van der Waals surface area contributed by atoms with E-state index in [9.17, 15) is 16.8 Å². The van der Waals surface area contributed by atoms with E-state index in [1.165, 1.54) is 12.1 Å². The highest BCUT2D eigenvalue weighted by Gasteiger charge is 2.20. The summed E-state index contributed by atoms with van der Waals surface area (Å²) >= 11 is 0. The number of nitrogens with two attached hydrogens (primary N) is 1. The van der Waals surface area contributed by atoms with Gasteiger partial charge in [0.05, 0.1) is 10.6 Å². The quantitative estimate of drug-likeness (QED) is 0.524. The zero-order valence-corrected chi connectivity index (χ0v) is 13.6. The van der Waals surface area contributed by atoms with Gasteiger partial charge in [-0.25, -0.2) is 21.6 Å². The topological polar surface area (TPSA) is 116 Å². The Bertz CT molecular complexity index is 684. The molecule has 9 heteroatoms. The summed E-state index contributed by atoms with van der Waals surface area (Å²) in [5.41, 5.74) is 5.63. The molecule has 0 spiro atoms. The van der Waals surface area contributed by atoms with Gasteiger partial charge in [0, 0.05) is 26.0 Å². The Morgan fingerprint density at radius 3 is 2.48 bits per heavy atom. The molecule has 120 valence electrons. The Labute approximate surface area is 125 Å². The molecule has 0 atom stereocenters. The Hall–Kier alpha value is -1.16. The minimum absolute atomic E-state index is 0.000270. The highest BCUT2D eigenvalue weighted by molar-refractivity contribution is 7.91. The summed E-state index contributed by atoms with van der Waals surface area (Å²) in [7, 11) is -7.36. The van der Waals surface area contributed by atoms with Crippen LogP contribution in [0.4, 0.5) is 5.69 Å². The van der Waals surface area contributed by atoms with Crippen LogP contribution in [0.25, 0.3) is 0 Å². The summed E-state index contributed by atoms with van der Waals surface area (Å²) in [6, 6.07) is 3.61. The standard InChI is InChI=1S/C12H20N2O5S2/c1-3-19-8-4-7-14-21(17,18)12-9-10(20(2,15)16)5-6-11(12)13/h5-6,9,14H,3-4,7-8,13H2,1-2H3. The number of rotatable bonds is 8. The Morgan fingerprint density at radius 1 is 1.24 bits per heavy atom. The molecular formula is C12H20N2O5S2. The molecule has 0 fully saturated rings. The van der Waals surface area contributed by atoms with Gasteiger partial charge in [-0.05, 0) is 31.5 Å². The number of hydrogen-bond donors (Lipinski definition) is 2. The van der Waals surface area contributed by atoms with Crippen LogP contribution < -0.4 is 10.5 Å². The van der Waals surface area contributed by atoms with Crippen molar-refractivity contribution in [1.29, 1.82) is 0 Å². The van der Waals surface area contributed by atoms with Crippen LogP contribution in [-0.4, -0.2) is 42.8 Å². The van der Waals surface area contributed by atoms with Gasteiger partial charge in [0.15, 0.2) is 9.84 Å². The fraction of sp³-hybridized carbons (Fsp3) is 0.500. The summed E-state index contributed by atoms with van der Waals surface area (Å²) in [6.45, 7) is 3.04. The van der Waals surface area contributed by atoms with Crippen LogP contribution in [0.5, 0.6) is 0 Å². The van der Waals surface area contributed by atoms with Crippen molar-refractivity contribution < 1.29 is 21.6 Å². The number of sulfone groups is 1. The molecule has 0 heterocycles. The fourth-order valence-electron chi connectivity index (χ4n) is 1.58. The van der Waals surface area contributed by atoms with E-state index in [0.29, 0.717) is 19.6 Å². The first-order chi connectivity index (χ1) is 9.68. The number of anilines is 1. The van der Waals surface area contributed by atoms with Crippen LogP contribution in [0.3, 0.4) is 0 Å². The number of nitrogen functional groups attached to an aromatic ring is 1. The molecule has 3 N–H and O–H groups in total. The number of hydrogen-bond acceptors (Lipinski definition) is 6. The van der Waals surface area contributed by atoms with E-state index in [-0.39, 0.29) is 22.0 Å². The molecule has 1 aromatic rings. The lowest BCUT2D eigenvalue weighted by Gasteiger charge is -2.10. The molecule has 21 heavy (non-hydrogen) atoms. The Kier molecular flexibility index (Phi) is 6.14. The van der Waals surface area contributed by atoms with E-state index in [0.717, 1.165) is 12.3 Å². The van der Waals surface area contributed by atoms with E-state index < -0.39 is 19.9 Å². The van der Waals surface area contributed by atoms with Crippen molar-refractivity contribution in [3.8, 4) is 0 Å². The predicted octanol–water partition coefficient (Wildman–Crippen LogP) is 0.377. The van der Waals surface area contributed by atoms with Crippen LogP contribution in [0, 0.1) is 0 Å². The van der Waals surface area contributed by atoms with E-state index in [4.69, 9.17) is 10.5 Å². The average Bonchev–Trinajstić information content (AvgIpc) is 2.37. The van der Waals surface area contributed by atoms with E-state index in [2.05, 4.69) is 4.72 Å². The second-order valence-corrected chi connectivity index (χ2v) is 8.17. The van der Waals surface area contributed by atoms with Gasteiger partial charge in [-0.2, -0.15) is 0 Å². The van der Waals surface area contributed by atoms with Crippen LogP contribution in [-0.2, 0) is 24.6 Å². The number of nitrogens with one attached hydrogen (secondary N) is 1. The third-order valence-corrected chi connectivity index (χ3v) is 5.29. The lowest BCUT2D eigenvalue weighted by Crippen LogP contribution is -2.26. The zero-order chi connectivity index (χ0) is 16.1. The van der Waals surface area contributed by atoms with Crippen molar-refractivity contribution in [3.63, 3.8) is 0 Å². The molecule has 0 radical (unpaired) electrons. The molecule has 1 aromatic carbocycles. The van der Waals surface area contributed by atoms with Crippen molar-refractivity contribution in [2.75, 3.05) is 31.7 Å². The van der Waals surface area contributed by atoms with Gasteiger partial charge in [-0.15, -0.1) is 0 Å². The Morgan fingerprint density at radius 2 is 1.90 bits per heavy atom. The lowest BCUT2D eigenvalue weighted by molar-refractivity contribution is 0.146. The first-order valence-corrected chi connectivity index (χ1v) is 9.73. The van der Waals surface area contributed by atoms with Crippen LogP contribution in [0.2, 0.25) is 0 Å². The minimum atomic E-state index is -3.86. The van der Waals surface area contributed by atoms with Crippen molar-refractivity contribution in [1.82, 2.24) is 4.72 Å². The second kappa shape index (κ2) is 7.21. The third kappa shape index (κ3) is 5.27. The summed E-state index contributed by atoms with van der Waals surface area (Å²) < 4.78 is 54.7. The highest BCUT2D eigenvalue weighted by Crippen LogP contribution is 2.22. The van der Waals surface area contributed by atoms with Crippen molar-refractivity contribution in [3.05, 3.63) is 18.2 Å². The van der Waals surface area contributed by atoms with Gasteiger partial charge in [0.2, 0.25) is 10.0 Å². The number of benzene rings is 1. The second-order valence-electron chi connectivity index (χ2n) is 4.42. The van der Waals surface area contributed by atoms with E-state index in [1.807, 2.05) is 6.92 Å². The van der Waals surface area contributed by atoms with Crippen molar-refractivity contribution in [2.24, 2.45) is 0 Å². The SMILES string of the molecule is CCOCCCNS(=O)(=O)c1cc(S(C)(=O)=O)ccc1N. The van der Waals surface area contributed by atoms with Crippen molar-refractivity contribution in [2.45, 2.75) is 23.1 Å². The molecule has 7 nitrogen and oxygen atoms in total. The maximum atomic E-state index is 12.1. The first kappa shape index (κ1) is 17.9. The summed E-state index contributed by atoms with van der Waals surface area (Å²) in [4.78, 5) is -0.326. The molecule has 0 amide bonds. The molecular weight excluding hydrogens is 316 g/mol. The summed E-state index contributed by atoms with van der Waals surface area (Å²) in [5, 5.41) is 0. The molecule has 0 unspecified atom stereocenters. The molecule has 0 aliphatic heterocycles. The van der Waals surface area contributed by atoms with Crippen LogP contribution in [0.1, 0.15) is 13.3 Å². The molecule has 0 aliphatic carbocycles. The maximum Gasteiger partial charge on any atom is 0.242 e. The summed E-state index contributed by atoms with van der Waals surface area (Å²) in [5.74, 6) is 0. The highest BCUT2D eigenvalue weighted by atomic mass is 32.2. The molecule has 0 bridgehead atoms. The van der Waals surface area contributed by atoms with Gasteiger partial charge in [-0.3, -0.25) is 0 Å². The molecule has 0 aromatic heterocycles. The van der Waals surface area contributed by atoms with Gasteiger partial charge in [0.25, 0.3) is 0 Å². The zero-order valence-electron chi connectivity index (χ0n) is 12.0. The molecule has 0 aliphatic rings. The summed E-state index contributed by atoms with van der Waals surface area (Å²) in [6.07, 6.45) is 1.52. The maximum absolute atomic E-state index is 12.1. The number of ether oxygens (including phenoxy) is 1. The smallest absolute Gasteiger partial charge is 0.242 e. The Balaban J connectivity index is 2.92. The normalized spacial score (nSPS) is 12.5. The van der Waals surface area contributed by atoms with Crippen molar-refractivity contribution >= 4 is 25.5 Å². The molecule has 0 saturated carbocycles. The predicted molar refractivity (Wildman–Crippen MR) is 80.3 cm³/mol. The average molecular weight is 336 g/mol. The van der Waals surface area contributed by atoms with Crippen LogP contribution >= 0.6 is 0 Å². The first-order valence-electron chi connectivity index (χ1n) is 6.35.